The molecule has 5 heterocycles. The third kappa shape index (κ3) is 4.98. The van der Waals surface area contributed by atoms with E-state index < -0.39 is 0 Å². The largest absolute Gasteiger partial charge is 0.380 e. The van der Waals surface area contributed by atoms with Crippen molar-refractivity contribution in [3.05, 3.63) is 72.6 Å². The van der Waals surface area contributed by atoms with Crippen LogP contribution in [0.1, 0.15) is 10.4 Å². The van der Waals surface area contributed by atoms with Crippen molar-refractivity contribution in [2.75, 3.05) is 78.0 Å². The lowest BCUT2D eigenvalue weighted by molar-refractivity contribution is -0.176. The van der Waals surface area contributed by atoms with Crippen LogP contribution in [-0.4, -0.2) is 110 Å². The number of hydrogen-bond donors (Lipinski definition) is 1. The molecule has 0 aliphatic carbocycles. The lowest BCUT2D eigenvalue weighted by atomic mass is 9.78. The minimum Gasteiger partial charge on any atom is -0.380 e. The molecule has 0 radical (unpaired) electrons. The van der Waals surface area contributed by atoms with Gasteiger partial charge in [-0.1, -0.05) is 24.3 Å². The van der Waals surface area contributed by atoms with E-state index in [9.17, 15) is 9.59 Å². The molecule has 2 aromatic carbocycles. The second-order valence-electron chi connectivity index (χ2n) is 12.1. The van der Waals surface area contributed by atoms with Gasteiger partial charge in [0, 0.05) is 86.5 Å². The maximum Gasteiger partial charge on any atom is 0.253 e. The Morgan fingerprint density at radius 3 is 2.31 bits per heavy atom. The van der Waals surface area contributed by atoms with Gasteiger partial charge in [0.1, 0.15) is 5.65 Å². The molecule has 1 N–H and O–H groups in total. The molecule has 0 atom stereocenters. The number of fused-ring (bicyclic) bond motifs is 1. The number of piperazine rings is 1. The zero-order chi connectivity index (χ0) is 28.8. The monoisotopic (exact) mass is 564 g/mol. The summed E-state index contributed by atoms with van der Waals surface area (Å²) in [6.45, 7) is 7.37. The Labute approximate surface area is 245 Å². The third-order valence-electron chi connectivity index (χ3n) is 9.05. The van der Waals surface area contributed by atoms with E-state index in [1.807, 2.05) is 72.9 Å². The molecule has 3 aliphatic rings. The molecule has 1 spiro atoms. The molecule has 9 heteroatoms. The predicted molar refractivity (Wildman–Crippen MR) is 163 cm³/mol. The Bertz CT molecular complexity index is 1610. The van der Waals surface area contributed by atoms with Crippen molar-refractivity contribution >= 4 is 28.5 Å². The van der Waals surface area contributed by atoms with Crippen molar-refractivity contribution in [3.63, 3.8) is 0 Å². The zero-order valence-corrected chi connectivity index (χ0v) is 24.2. The summed E-state index contributed by atoms with van der Waals surface area (Å²) in [6.07, 6.45) is 3.84. The molecule has 3 aliphatic heterocycles. The normalized spacial score (nSPS) is 18.6. The van der Waals surface area contributed by atoms with Crippen molar-refractivity contribution in [1.29, 1.82) is 0 Å². The molecule has 2 amide bonds. The predicted octanol–water partition coefficient (Wildman–Crippen LogP) is 3.58. The number of likely N-dealkylation sites (N-methyl/N-ethyl adjacent to an activating group) is 2. The van der Waals surface area contributed by atoms with E-state index in [1.54, 1.807) is 4.90 Å². The van der Waals surface area contributed by atoms with Gasteiger partial charge in [-0.25, -0.2) is 4.98 Å². The van der Waals surface area contributed by atoms with Gasteiger partial charge in [0.25, 0.3) is 5.91 Å². The van der Waals surface area contributed by atoms with Crippen LogP contribution in [0.4, 0.5) is 5.69 Å². The first kappa shape index (κ1) is 26.8. The topological polar surface area (TPSA) is 85.0 Å². The lowest BCUT2D eigenvalue weighted by Crippen LogP contribution is -2.67. The molecule has 0 bridgehead atoms. The number of aromatic amines is 1. The first-order valence-corrected chi connectivity index (χ1v) is 14.6. The van der Waals surface area contributed by atoms with Crippen LogP contribution in [0.5, 0.6) is 0 Å². The van der Waals surface area contributed by atoms with Crippen LogP contribution >= 0.6 is 0 Å². The Balaban J connectivity index is 1.04. The van der Waals surface area contributed by atoms with E-state index in [-0.39, 0.29) is 17.2 Å². The Kier molecular flexibility index (Phi) is 6.80. The summed E-state index contributed by atoms with van der Waals surface area (Å²) in [5, 5.41) is 1.02. The molecular formula is C33H36N6O3. The highest BCUT2D eigenvalue weighted by molar-refractivity contribution is 5.98. The number of pyridine rings is 1. The number of carbonyl (C=O) groups excluding carboxylic acids is 2. The zero-order valence-electron chi connectivity index (χ0n) is 24.2. The van der Waals surface area contributed by atoms with E-state index in [1.165, 1.54) is 0 Å². The van der Waals surface area contributed by atoms with Gasteiger partial charge in [-0.2, -0.15) is 0 Å². The highest BCUT2D eigenvalue weighted by Gasteiger charge is 2.50. The van der Waals surface area contributed by atoms with Crippen molar-refractivity contribution in [3.8, 4) is 22.3 Å². The van der Waals surface area contributed by atoms with Crippen molar-refractivity contribution in [2.45, 2.75) is 0 Å². The number of likely N-dealkylation sites (tertiary alicyclic amines) is 1. The molecule has 216 valence electrons. The van der Waals surface area contributed by atoms with Gasteiger partial charge in [0.15, 0.2) is 0 Å². The number of ether oxygens (including phenoxy) is 1. The smallest absolute Gasteiger partial charge is 0.253 e. The number of nitrogens with zero attached hydrogens (tertiary/aromatic N) is 5. The summed E-state index contributed by atoms with van der Waals surface area (Å²) in [6, 6.07) is 18.1. The van der Waals surface area contributed by atoms with Crippen molar-refractivity contribution in [2.24, 2.45) is 5.41 Å². The van der Waals surface area contributed by atoms with E-state index in [4.69, 9.17) is 4.74 Å². The maximum absolute atomic E-state index is 12.9. The van der Waals surface area contributed by atoms with E-state index in [0.29, 0.717) is 12.1 Å². The Morgan fingerprint density at radius 2 is 1.64 bits per heavy atom. The van der Waals surface area contributed by atoms with Gasteiger partial charge in [-0.3, -0.25) is 14.5 Å². The van der Waals surface area contributed by atoms with Crippen LogP contribution in [0.3, 0.4) is 0 Å². The second-order valence-corrected chi connectivity index (χ2v) is 12.1. The van der Waals surface area contributed by atoms with Gasteiger partial charge >= 0.3 is 0 Å². The average molecular weight is 565 g/mol. The fourth-order valence-electron chi connectivity index (χ4n) is 6.18. The lowest BCUT2D eigenvalue weighted by Gasteiger charge is -2.54. The van der Waals surface area contributed by atoms with E-state index in [2.05, 4.69) is 32.9 Å². The van der Waals surface area contributed by atoms with Crippen LogP contribution in [0.2, 0.25) is 0 Å². The van der Waals surface area contributed by atoms with Crippen molar-refractivity contribution in [1.82, 2.24) is 24.7 Å². The minimum atomic E-state index is 0.0806. The number of amides is 2. The summed E-state index contributed by atoms with van der Waals surface area (Å²) in [5.74, 6) is 0.180. The number of rotatable bonds is 6. The average Bonchev–Trinajstić information content (AvgIpc) is 3.40. The highest BCUT2D eigenvalue weighted by atomic mass is 16.5. The Hall–Kier alpha value is -4.05. The van der Waals surface area contributed by atoms with Gasteiger partial charge in [-0.15, -0.1) is 0 Å². The van der Waals surface area contributed by atoms with Crippen molar-refractivity contribution < 1.29 is 14.3 Å². The van der Waals surface area contributed by atoms with E-state index in [0.717, 1.165) is 91.5 Å². The van der Waals surface area contributed by atoms with Gasteiger partial charge < -0.3 is 24.4 Å². The van der Waals surface area contributed by atoms with Crippen LogP contribution in [0.25, 0.3) is 33.3 Å². The minimum absolute atomic E-state index is 0.0806. The molecule has 0 saturated carbocycles. The van der Waals surface area contributed by atoms with Gasteiger partial charge in [-0.05, 0) is 48.5 Å². The number of H-pyrrole nitrogens is 1. The molecule has 7 rings (SSSR count). The van der Waals surface area contributed by atoms with Crippen LogP contribution in [0.15, 0.2) is 67.0 Å². The number of nitrogens with one attached hydrogen (secondary N) is 1. The maximum atomic E-state index is 12.9. The molecule has 42 heavy (non-hydrogen) atoms. The fourth-order valence-corrected chi connectivity index (χ4v) is 6.18. The standard InChI is InChI=1S/C33H36N6O3/c1-36-11-13-38(14-12-36)18-30(40)37(2)27-9-7-23(8-10-27)26-15-28-29(17-35-31(28)34-16-26)24-3-5-25(6-4-24)32(41)39-19-33(20-39)21-42-22-33/h3-10,15-17H,11-14,18-22H2,1-2H3,(H,34,35). The Morgan fingerprint density at radius 1 is 0.952 bits per heavy atom. The summed E-state index contributed by atoms with van der Waals surface area (Å²) in [4.78, 5) is 42.0. The molecule has 9 nitrogen and oxygen atoms in total. The number of aromatic nitrogens is 2. The third-order valence-corrected chi connectivity index (χ3v) is 9.05. The van der Waals surface area contributed by atoms with Crippen LogP contribution < -0.4 is 4.90 Å². The van der Waals surface area contributed by atoms with Crippen LogP contribution in [-0.2, 0) is 9.53 Å². The first-order valence-electron chi connectivity index (χ1n) is 14.6. The number of anilines is 1. The summed E-state index contributed by atoms with van der Waals surface area (Å²) in [5.41, 5.74) is 6.71. The van der Waals surface area contributed by atoms with Crippen LogP contribution in [0, 0.1) is 5.41 Å². The number of hydrogen-bond acceptors (Lipinski definition) is 6. The fraction of sp³-hybridized carbons (Fsp3) is 0.364. The molecule has 4 aromatic rings. The van der Waals surface area contributed by atoms with Gasteiger partial charge in [0.05, 0.1) is 25.2 Å². The molecule has 0 unspecified atom stereocenters. The summed E-state index contributed by atoms with van der Waals surface area (Å²) < 4.78 is 5.33. The molecule has 2 aromatic heterocycles. The molecule has 3 fully saturated rings. The quantitative estimate of drug-likeness (QED) is 0.386. The number of carbonyl (C=O) groups is 2. The second kappa shape index (κ2) is 10.7. The summed E-state index contributed by atoms with van der Waals surface area (Å²) >= 11 is 0. The molecular weight excluding hydrogens is 528 g/mol. The summed E-state index contributed by atoms with van der Waals surface area (Å²) in [7, 11) is 3.96. The van der Waals surface area contributed by atoms with E-state index >= 15 is 0 Å². The number of benzene rings is 2. The molecule has 3 saturated heterocycles. The highest BCUT2D eigenvalue weighted by Crippen LogP contribution is 2.38. The first-order chi connectivity index (χ1) is 20.4. The SMILES string of the molecule is CN1CCN(CC(=O)N(C)c2ccc(-c3cnc4[nH]cc(-c5ccc(C(=O)N6CC7(COC7)C6)cc5)c4c3)cc2)CC1. The van der Waals surface area contributed by atoms with Gasteiger partial charge in [0.2, 0.25) is 5.91 Å².